The van der Waals surface area contributed by atoms with Crippen molar-refractivity contribution in [1.82, 2.24) is 0 Å². The highest BCUT2D eigenvalue weighted by Crippen LogP contribution is 2.16. The third-order valence-electron chi connectivity index (χ3n) is 1.90. The van der Waals surface area contributed by atoms with Crippen LogP contribution in [0.1, 0.15) is 24.2 Å². The zero-order chi connectivity index (χ0) is 11.5. The van der Waals surface area contributed by atoms with Gasteiger partial charge in [-0.05, 0) is 38.1 Å². The van der Waals surface area contributed by atoms with Crippen LogP contribution in [-0.4, -0.2) is 28.4 Å². The Balaban J connectivity index is 2.85. The van der Waals surface area contributed by atoms with Crippen molar-refractivity contribution in [2.45, 2.75) is 19.4 Å². The predicted octanol–water partition coefficient (Wildman–Crippen LogP) is 0.969. The molecular formula is C11H14O4. The van der Waals surface area contributed by atoms with E-state index in [1.807, 2.05) is 0 Å². The van der Waals surface area contributed by atoms with Gasteiger partial charge in [0.15, 0.2) is 12.6 Å². The first-order valence-corrected chi connectivity index (χ1v) is 4.56. The molecule has 1 aromatic carbocycles. The van der Waals surface area contributed by atoms with Crippen molar-refractivity contribution in [3.8, 4) is 5.75 Å². The average molecular weight is 210 g/mol. The number of carbonyl (C=O) groups is 1. The molecule has 15 heavy (non-hydrogen) atoms. The Labute approximate surface area is 88.1 Å². The normalized spacial score (nSPS) is 11.2. The first-order chi connectivity index (χ1) is 6.95. The summed E-state index contributed by atoms with van der Waals surface area (Å²) in [4.78, 5) is 11.6. The fourth-order valence-corrected chi connectivity index (χ4v) is 1.13. The summed E-state index contributed by atoms with van der Waals surface area (Å²) in [5.41, 5.74) is -0.966. The molecule has 0 heterocycles. The first-order valence-electron chi connectivity index (χ1n) is 4.56. The van der Waals surface area contributed by atoms with Crippen molar-refractivity contribution in [2.75, 3.05) is 6.79 Å². The van der Waals surface area contributed by atoms with Gasteiger partial charge in [-0.15, -0.1) is 0 Å². The van der Waals surface area contributed by atoms with Gasteiger partial charge in [-0.3, -0.25) is 4.79 Å². The van der Waals surface area contributed by atoms with Crippen molar-refractivity contribution < 1.29 is 19.7 Å². The molecule has 0 unspecified atom stereocenters. The molecule has 0 aliphatic carbocycles. The Kier molecular flexibility index (Phi) is 3.44. The van der Waals surface area contributed by atoms with Crippen molar-refractivity contribution in [1.29, 1.82) is 0 Å². The zero-order valence-electron chi connectivity index (χ0n) is 8.73. The van der Waals surface area contributed by atoms with Crippen molar-refractivity contribution in [3.05, 3.63) is 29.8 Å². The van der Waals surface area contributed by atoms with Gasteiger partial charge in [0.25, 0.3) is 0 Å². The van der Waals surface area contributed by atoms with Gasteiger partial charge < -0.3 is 14.9 Å². The van der Waals surface area contributed by atoms with Gasteiger partial charge in [-0.1, -0.05) is 0 Å². The molecule has 0 spiro atoms. The molecule has 1 rings (SSSR count). The standard InChI is InChI=1S/C11H14O4/c1-11(2,14)10(13)8-3-5-9(6-4-8)15-7-12/h3-6,12,14H,7H2,1-2H3. The predicted molar refractivity (Wildman–Crippen MR) is 54.8 cm³/mol. The van der Waals surface area contributed by atoms with E-state index >= 15 is 0 Å². The van der Waals surface area contributed by atoms with Crippen molar-refractivity contribution >= 4 is 5.78 Å². The Morgan fingerprint density at radius 1 is 1.33 bits per heavy atom. The maximum Gasteiger partial charge on any atom is 0.193 e. The monoisotopic (exact) mass is 210 g/mol. The van der Waals surface area contributed by atoms with E-state index in [0.29, 0.717) is 11.3 Å². The van der Waals surface area contributed by atoms with E-state index in [4.69, 9.17) is 9.84 Å². The minimum Gasteiger partial charge on any atom is -0.468 e. The highest BCUT2D eigenvalue weighted by Gasteiger charge is 2.24. The summed E-state index contributed by atoms with van der Waals surface area (Å²) in [6.07, 6.45) is 0. The SMILES string of the molecule is CC(C)(O)C(=O)c1ccc(OCO)cc1. The van der Waals surface area contributed by atoms with Crippen LogP contribution in [0.4, 0.5) is 0 Å². The largest absolute Gasteiger partial charge is 0.468 e. The van der Waals surface area contributed by atoms with Crippen LogP contribution in [0, 0.1) is 0 Å². The molecule has 0 bridgehead atoms. The minimum atomic E-state index is -1.38. The molecular weight excluding hydrogens is 196 g/mol. The van der Waals surface area contributed by atoms with Crippen LogP contribution in [0.15, 0.2) is 24.3 Å². The lowest BCUT2D eigenvalue weighted by Crippen LogP contribution is -2.30. The van der Waals surface area contributed by atoms with E-state index in [1.165, 1.54) is 13.8 Å². The Bertz CT molecular complexity index is 335. The number of hydrogen-bond acceptors (Lipinski definition) is 4. The van der Waals surface area contributed by atoms with Gasteiger partial charge in [0.1, 0.15) is 11.4 Å². The number of benzene rings is 1. The van der Waals surface area contributed by atoms with Crippen LogP contribution in [0.3, 0.4) is 0 Å². The highest BCUT2D eigenvalue weighted by atomic mass is 16.6. The van der Waals surface area contributed by atoms with E-state index in [9.17, 15) is 9.90 Å². The second-order valence-electron chi connectivity index (χ2n) is 3.69. The van der Waals surface area contributed by atoms with Crippen LogP contribution in [0.5, 0.6) is 5.75 Å². The van der Waals surface area contributed by atoms with E-state index < -0.39 is 12.4 Å². The fourth-order valence-electron chi connectivity index (χ4n) is 1.13. The summed E-state index contributed by atoms with van der Waals surface area (Å²) in [7, 11) is 0. The van der Waals surface area contributed by atoms with Crippen molar-refractivity contribution in [2.24, 2.45) is 0 Å². The number of carbonyl (C=O) groups excluding carboxylic acids is 1. The van der Waals surface area contributed by atoms with E-state index in [1.54, 1.807) is 24.3 Å². The van der Waals surface area contributed by atoms with Gasteiger partial charge in [0.05, 0.1) is 0 Å². The lowest BCUT2D eigenvalue weighted by atomic mass is 9.97. The molecule has 4 nitrogen and oxygen atoms in total. The molecule has 1 aromatic rings. The Morgan fingerprint density at radius 3 is 2.27 bits per heavy atom. The van der Waals surface area contributed by atoms with E-state index in [-0.39, 0.29) is 5.78 Å². The fraction of sp³-hybridized carbons (Fsp3) is 0.364. The molecule has 4 heteroatoms. The van der Waals surface area contributed by atoms with Gasteiger partial charge in [-0.25, -0.2) is 0 Å². The molecule has 0 atom stereocenters. The van der Waals surface area contributed by atoms with E-state index in [2.05, 4.69) is 0 Å². The molecule has 0 aliphatic rings. The summed E-state index contributed by atoms with van der Waals surface area (Å²) in [5.74, 6) is 0.128. The molecule has 0 radical (unpaired) electrons. The van der Waals surface area contributed by atoms with Gasteiger partial charge >= 0.3 is 0 Å². The van der Waals surface area contributed by atoms with Crippen LogP contribution < -0.4 is 4.74 Å². The Hall–Kier alpha value is -1.39. The number of aliphatic hydroxyl groups excluding tert-OH is 1. The van der Waals surface area contributed by atoms with Crippen LogP contribution in [0.25, 0.3) is 0 Å². The summed E-state index contributed by atoms with van der Waals surface area (Å²) in [5, 5.41) is 18.0. The van der Waals surface area contributed by atoms with Crippen molar-refractivity contribution in [3.63, 3.8) is 0 Å². The second kappa shape index (κ2) is 4.42. The minimum absolute atomic E-state index is 0.349. The van der Waals surface area contributed by atoms with Gasteiger partial charge in [-0.2, -0.15) is 0 Å². The quantitative estimate of drug-likeness (QED) is 0.574. The molecule has 2 N–H and O–H groups in total. The lowest BCUT2D eigenvalue weighted by Gasteiger charge is -2.15. The van der Waals surface area contributed by atoms with Crippen LogP contribution in [-0.2, 0) is 0 Å². The first kappa shape index (κ1) is 11.7. The highest BCUT2D eigenvalue weighted by molar-refractivity contribution is 6.01. The zero-order valence-corrected chi connectivity index (χ0v) is 8.73. The second-order valence-corrected chi connectivity index (χ2v) is 3.69. The number of ether oxygens (including phenoxy) is 1. The van der Waals surface area contributed by atoms with E-state index in [0.717, 1.165) is 0 Å². The number of rotatable bonds is 4. The molecule has 82 valence electrons. The maximum absolute atomic E-state index is 11.6. The number of Topliss-reactive ketones (excluding diaryl/α,β-unsaturated/α-hetero) is 1. The third kappa shape index (κ3) is 3.04. The number of ketones is 1. The third-order valence-corrected chi connectivity index (χ3v) is 1.90. The molecule has 0 saturated heterocycles. The number of hydrogen-bond donors (Lipinski definition) is 2. The summed E-state index contributed by atoms with van der Waals surface area (Å²) < 4.78 is 4.81. The average Bonchev–Trinajstić information content (AvgIpc) is 2.17. The summed E-state index contributed by atoms with van der Waals surface area (Å²) in [6, 6.07) is 6.22. The molecule has 0 amide bonds. The van der Waals surface area contributed by atoms with Gasteiger partial charge in [0.2, 0.25) is 0 Å². The Morgan fingerprint density at radius 2 is 1.87 bits per heavy atom. The maximum atomic E-state index is 11.6. The molecule has 0 fully saturated rings. The van der Waals surface area contributed by atoms with Crippen LogP contribution in [0.2, 0.25) is 0 Å². The smallest absolute Gasteiger partial charge is 0.193 e. The molecule has 0 saturated carbocycles. The topological polar surface area (TPSA) is 66.8 Å². The molecule has 0 aromatic heterocycles. The number of aliphatic hydroxyl groups is 2. The molecule has 0 aliphatic heterocycles. The van der Waals surface area contributed by atoms with Crippen LogP contribution >= 0.6 is 0 Å². The lowest BCUT2D eigenvalue weighted by molar-refractivity contribution is 0.0488. The van der Waals surface area contributed by atoms with Gasteiger partial charge in [0, 0.05) is 5.56 Å². The summed E-state index contributed by atoms with van der Waals surface area (Å²) in [6.45, 7) is 2.47. The summed E-state index contributed by atoms with van der Waals surface area (Å²) >= 11 is 0.